The van der Waals surface area contributed by atoms with Crippen molar-refractivity contribution < 1.29 is 0 Å². The molecule has 8 aromatic carbocycles. The summed E-state index contributed by atoms with van der Waals surface area (Å²) in [6.45, 7) is 4.87. The topological polar surface area (TPSA) is 0 Å². The Bertz CT molecular complexity index is 2890. The van der Waals surface area contributed by atoms with Gasteiger partial charge in [0.2, 0.25) is 0 Å². The molecule has 50 heavy (non-hydrogen) atoms. The van der Waals surface area contributed by atoms with Gasteiger partial charge in [0.1, 0.15) is 0 Å². The lowest BCUT2D eigenvalue weighted by atomic mass is 9.80. The molecule has 1 heteroatoms. The van der Waals surface area contributed by atoms with Crippen molar-refractivity contribution in [2.24, 2.45) is 0 Å². The van der Waals surface area contributed by atoms with Gasteiger partial charge in [-0.3, -0.25) is 0 Å². The van der Waals surface area contributed by atoms with Gasteiger partial charge in [0, 0.05) is 25.6 Å². The summed E-state index contributed by atoms with van der Waals surface area (Å²) in [6, 6.07) is 50.7. The van der Waals surface area contributed by atoms with Gasteiger partial charge in [0.05, 0.1) is 0 Å². The van der Waals surface area contributed by atoms with E-state index >= 15 is 0 Å². The molecule has 0 saturated heterocycles. The van der Waals surface area contributed by atoms with Crippen molar-refractivity contribution in [3.8, 4) is 33.4 Å². The van der Waals surface area contributed by atoms with Gasteiger partial charge in [0.15, 0.2) is 0 Å². The van der Waals surface area contributed by atoms with Gasteiger partial charge in [-0.1, -0.05) is 147 Å². The van der Waals surface area contributed by atoms with Crippen LogP contribution in [0, 0.1) is 0 Å². The second-order valence-corrected chi connectivity index (χ2v) is 15.7. The third-order valence-corrected chi connectivity index (χ3v) is 12.8. The largest absolute Gasteiger partial charge is 0.135 e. The summed E-state index contributed by atoms with van der Waals surface area (Å²) in [5.41, 5.74) is 13.6. The van der Waals surface area contributed by atoms with Crippen LogP contribution < -0.4 is 0 Å². The Morgan fingerprint density at radius 3 is 1.78 bits per heavy atom. The minimum atomic E-state index is -0.123. The summed E-state index contributed by atoms with van der Waals surface area (Å²) in [7, 11) is 0. The van der Waals surface area contributed by atoms with E-state index in [1.54, 1.807) is 0 Å². The standard InChI is InChI=1S/C49H34S/c1-49(2)41-26-25-32(28-40(41)45-37-19-9-10-20-38(37)46-39-21-11-12-22-42(39)50-48(46)47(45)49)44-35-17-7-5-15-33(35)43(34-16-6-8-18-36(34)44)31-24-23-29-13-3-4-14-30(29)27-31/h3,5-13,15-28H,4,14H2,1-2H3. The van der Waals surface area contributed by atoms with E-state index in [0.29, 0.717) is 0 Å². The van der Waals surface area contributed by atoms with E-state index in [1.165, 1.54) is 108 Å². The molecule has 1 heterocycles. The predicted molar refractivity (Wildman–Crippen MR) is 218 cm³/mol. The lowest BCUT2D eigenvalue weighted by Gasteiger charge is -2.23. The molecule has 1 aromatic heterocycles. The molecule has 236 valence electrons. The lowest BCUT2D eigenvalue weighted by Crippen LogP contribution is -2.15. The van der Waals surface area contributed by atoms with E-state index in [9.17, 15) is 0 Å². The number of benzene rings is 8. The average Bonchev–Trinajstić information content (AvgIpc) is 3.66. The first-order valence-electron chi connectivity index (χ1n) is 17.8. The van der Waals surface area contributed by atoms with Crippen molar-refractivity contribution in [2.75, 3.05) is 0 Å². The molecule has 0 nitrogen and oxygen atoms in total. The molecule has 0 radical (unpaired) electrons. The first-order valence-corrected chi connectivity index (χ1v) is 18.6. The highest BCUT2D eigenvalue weighted by atomic mass is 32.1. The Balaban J connectivity index is 1.22. The minimum Gasteiger partial charge on any atom is -0.135 e. The highest BCUT2D eigenvalue weighted by molar-refractivity contribution is 7.26. The molecule has 0 N–H and O–H groups in total. The molecule has 2 aliphatic rings. The van der Waals surface area contributed by atoms with Crippen molar-refractivity contribution in [3.63, 3.8) is 0 Å². The zero-order chi connectivity index (χ0) is 33.1. The van der Waals surface area contributed by atoms with Crippen molar-refractivity contribution in [1.82, 2.24) is 0 Å². The fourth-order valence-electron chi connectivity index (χ4n) is 9.46. The molecule has 0 fully saturated rings. The Morgan fingerprint density at radius 2 is 1.10 bits per heavy atom. The third kappa shape index (κ3) is 3.76. The molecule has 9 aromatic rings. The van der Waals surface area contributed by atoms with Crippen LogP contribution in [0.5, 0.6) is 0 Å². The van der Waals surface area contributed by atoms with Crippen molar-refractivity contribution in [2.45, 2.75) is 32.1 Å². The maximum Gasteiger partial charge on any atom is 0.0408 e. The van der Waals surface area contributed by atoms with Gasteiger partial charge in [-0.2, -0.15) is 0 Å². The molecular weight excluding hydrogens is 621 g/mol. The molecule has 0 spiro atoms. The minimum absolute atomic E-state index is 0.123. The van der Waals surface area contributed by atoms with Crippen molar-refractivity contribution >= 4 is 69.9 Å². The zero-order valence-corrected chi connectivity index (χ0v) is 29.0. The molecule has 11 rings (SSSR count). The lowest BCUT2D eigenvalue weighted by molar-refractivity contribution is 0.667. The highest BCUT2D eigenvalue weighted by Crippen LogP contribution is 2.58. The number of hydrogen-bond acceptors (Lipinski definition) is 1. The van der Waals surface area contributed by atoms with E-state index in [-0.39, 0.29) is 5.41 Å². The zero-order valence-electron chi connectivity index (χ0n) is 28.2. The summed E-state index contributed by atoms with van der Waals surface area (Å²) < 4.78 is 2.80. The first-order chi connectivity index (χ1) is 24.6. The molecule has 0 aliphatic heterocycles. The van der Waals surface area contributed by atoms with Crippen LogP contribution in [0.1, 0.15) is 42.5 Å². The maximum absolute atomic E-state index is 2.52. The van der Waals surface area contributed by atoms with Crippen molar-refractivity contribution in [1.29, 1.82) is 0 Å². The summed E-state index contributed by atoms with van der Waals surface area (Å²) in [4.78, 5) is 0. The van der Waals surface area contributed by atoms with Crippen LogP contribution in [0.4, 0.5) is 0 Å². The summed E-state index contributed by atoms with van der Waals surface area (Å²) >= 11 is 1.96. The van der Waals surface area contributed by atoms with Crippen LogP contribution in [0.3, 0.4) is 0 Å². The second-order valence-electron chi connectivity index (χ2n) is 14.7. The number of allylic oxidation sites excluding steroid dienone is 1. The second kappa shape index (κ2) is 10.3. The smallest absolute Gasteiger partial charge is 0.0408 e. The normalized spacial score (nSPS) is 14.5. The molecule has 0 amide bonds. The number of rotatable bonds is 2. The van der Waals surface area contributed by atoms with Gasteiger partial charge in [-0.25, -0.2) is 0 Å². The van der Waals surface area contributed by atoms with E-state index < -0.39 is 0 Å². The van der Waals surface area contributed by atoms with Crippen LogP contribution in [-0.2, 0) is 11.8 Å². The third-order valence-electron chi connectivity index (χ3n) is 11.7. The summed E-state index contributed by atoms with van der Waals surface area (Å²) in [6.07, 6.45) is 6.79. The van der Waals surface area contributed by atoms with Crippen LogP contribution >= 0.6 is 11.3 Å². The van der Waals surface area contributed by atoms with Crippen LogP contribution in [0.2, 0.25) is 0 Å². The van der Waals surface area contributed by atoms with Crippen LogP contribution in [0.15, 0.2) is 140 Å². The summed E-state index contributed by atoms with van der Waals surface area (Å²) in [5, 5.41) is 10.7. The number of thiophene rings is 1. The summed E-state index contributed by atoms with van der Waals surface area (Å²) in [5.74, 6) is 0. The van der Waals surface area contributed by atoms with E-state index in [4.69, 9.17) is 0 Å². The number of hydrogen-bond donors (Lipinski definition) is 0. The molecular formula is C49H34S. The molecule has 0 bridgehead atoms. The fraction of sp³-hybridized carbons (Fsp3) is 0.102. The Labute approximate surface area is 296 Å². The SMILES string of the molecule is CC1(C)c2ccc(-c3c4ccccc4c(-c4ccc5c(c4)CCC=C5)c4ccccc34)cc2-c2c1c1sc3ccccc3c1c1ccccc21. The van der Waals surface area contributed by atoms with Gasteiger partial charge in [-0.05, 0) is 113 Å². The Kier molecular flexibility index (Phi) is 5.82. The van der Waals surface area contributed by atoms with Gasteiger partial charge in [-0.15, -0.1) is 11.3 Å². The van der Waals surface area contributed by atoms with Gasteiger partial charge in [0.25, 0.3) is 0 Å². The fourth-order valence-corrected chi connectivity index (χ4v) is 10.9. The molecule has 0 unspecified atom stereocenters. The maximum atomic E-state index is 2.52. The number of aryl methyl sites for hydroxylation is 1. The Hall–Kier alpha value is -5.50. The molecule has 2 aliphatic carbocycles. The monoisotopic (exact) mass is 654 g/mol. The highest BCUT2D eigenvalue weighted by Gasteiger charge is 2.39. The van der Waals surface area contributed by atoms with Gasteiger partial charge < -0.3 is 0 Å². The van der Waals surface area contributed by atoms with E-state index in [0.717, 1.165) is 12.8 Å². The van der Waals surface area contributed by atoms with E-state index in [2.05, 4.69) is 159 Å². The van der Waals surface area contributed by atoms with Crippen molar-refractivity contribution in [3.05, 3.63) is 162 Å². The van der Waals surface area contributed by atoms with Gasteiger partial charge >= 0.3 is 0 Å². The molecule has 0 atom stereocenters. The average molecular weight is 655 g/mol. The van der Waals surface area contributed by atoms with Crippen LogP contribution in [0.25, 0.3) is 91.9 Å². The van der Waals surface area contributed by atoms with E-state index in [1.807, 2.05) is 11.3 Å². The number of fused-ring (bicyclic) bond motifs is 13. The molecule has 0 saturated carbocycles. The first kappa shape index (κ1) is 28.3. The quantitative estimate of drug-likeness (QED) is 0.163. The Morgan fingerprint density at radius 1 is 0.540 bits per heavy atom. The van der Waals surface area contributed by atoms with Crippen LogP contribution in [-0.4, -0.2) is 0 Å². The predicted octanol–water partition coefficient (Wildman–Crippen LogP) is 14.1.